The molecule has 0 aromatic carbocycles. The molecule has 4 nitrogen and oxygen atoms in total. The lowest BCUT2D eigenvalue weighted by molar-refractivity contribution is 0.377. The minimum atomic E-state index is -3.78. The number of hydrogen-bond donors (Lipinski definition) is 2. The molecule has 2 N–H and O–H groups in total. The zero-order valence-electron chi connectivity index (χ0n) is 7.08. The monoisotopic (exact) mass is 201 g/mol. The van der Waals surface area contributed by atoms with E-state index in [-0.39, 0.29) is 6.16 Å². The quantitative estimate of drug-likeness (QED) is 0.561. The van der Waals surface area contributed by atoms with E-state index in [1.807, 2.05) is 18.2 Å². The average Bonchev–Trinajstić information content (AvgIpc) is 2.06. The van der Waals surface area contributed by atoms with E-state index in [9.17, 15) is 4.57 Å². The molecule has 1 aromatic heterocycles. The summed E-state index contributed by atoms with van der Waals surface area (Å²) in [4.78, 5) is 19.9. The van der Waals surface area contributed by atoms with E-state index in [4.69, 9.17) is 9.79 Å². The van der Waals surface area contributed by atoms with E-state index in [0.29, 0.717) is 0 Å². The number of rotatable bonds is 2. The highest BCUT2D eigenvalue weighted by molar-refractivity contribution is 7.51. The number of allylic oxidation sites excluding steroid dienone is 1. The molecule has 0 unspecified atom stereocenters. The molecule has 0 bridgehead atoms. The molecule has 13 heavy (non-hydrogen) atoms. The van der Waals surface area contributed by atoms with E-state index >= 15 is 0 Å². The first kappa shape index (κ1) is 12.0. The van der Waals surface area contributed by atoms with Crippen molar-refractivity contribution in [3.8, 4) is 0 Å². The van der Waals surface area contributed by atoms with Crippen LogP contribution in [-0.2, 0) is 4.57 Å². The van der Waals surface area contributed by atoms with Crippen LogP contribution in [-0.4, -0.2) is 20.9 Å². The van der Waals surface area contributed by atoms with Gasteiger partial charge in [-0.15, -0.1) is 6.58 Å². The predicted molar refractivity (Wildman–Crippen MR) is 51.3 cm³/mol. The number of aromatic nitrogens is 1. The predicted octanol–water partition coefficient (Wildman–Crippen LogP) is 1.43. The highest BCUT2D eigenvalue weighted by Gasteiger charge is 2.06. The summed E-state index contributed by atoms with van der Waals surface area (Å²) in [5.74, 6) is 0. The van der Waals surface area contributed by atoms with E-state index in [1.165, 1.54) is 6.08 Å². The van der Waals surface area contributed by atoms with Crippen LogP contribution >= 0.6 is 7.60 Å². The third kappa shape index (κ3) is 11.0. The van der Waals surface area contributed by atoms with Crippen LogP contribution in [0.1, 0.15) is 0 Å². The van der Waals surface area contributed by atoms with Crippen LogP contribution in [0.5, 0.6) is 0 Å². The lowest BCUT2D eigenvalue weighted by Crippen LogP contribution is -1.78. The van der Waals surface area contributed by atoms with Crippen molar-refractivity contribution in [1.29, 1.82) is 0 Å². The molecule has 0 spiro atoms. The van der Waals surface area contributed by atoms with Gasteiger partial charge >= 0.3 is 7.60 Å². The molecule has 0 saturated carbocycles. The van der Waals surface area contributed by atoms with Gasteiger partial charge in [0, 0.05) is 12.4 Å². The molecule has 1 heterocycles. The van der Waals surface area contributed by atoms with Crippen LogP contribution in [0.3, 0.4) is 0 Å². The van der Waals surface area contributed by atoms with Crippen molar-refractivity contribution in [3.63, 3.8) is 0 Å². The zero-order valence-corrected chi connectivity index (χ0v) is 7.97. The van der Waals surface area contributed by atoms with Gasteiger partial charge in [-0.3, -0.25) is 9.55 Å². The molecule has 0 amide bonds. The maximum absolute atomic E-state index is 9.85. The molecular weight excluding hydrogens is 189 g/mol. The average molecular weight is 201 g/mol. The second kappa shape index (κ2) is 6.54. The first-order valence-corrected chi connectivity index (χ1v) is 5.36. The fourth-order valence-corrected chi connectivity index (χ4v) is 0.817. The van der Waals surface area contributed by atoms with Crippen molar-refractivity contribution >= 4 is 7.60 Å². The standard InChI is InChI=1S/C5H5N.C3H7O3P/c1-2-4-6-5-3-1;1-2-3-7(4,5)6/h1-5H;2H,1,3H2,(H2,4,5,6). The Morgan fingerprint density at radius 2 is 1.85 bits per heavy atom. The summed E-state index contributed by atoms with van der Waals surface area (Å²) in [5.41, 5.74) is 0. The van der Waals surface area contributed by atoms with E-state index in [0.717, 1.165) is 0 Å². The second-order valence-corrected chi connectivity index (χ2v) is 3.86. The van der Waals surface area contributed by atoms with Gasteiger partial charge in [-0.1, -0.05) is 12.1 Å². The van der Waals surface area contributed by atoms with E-state index in [1.54, 1.807) is 12.4 Å². The Kier molecular flexibility index (Phi) is 6.06. The molecule has 1 rings (SSSR count). The summed E-state index contributed by atoms with van der Waals surface area (Å²) in [6.45, 7) is 3.15. The smallest absolute Gasteiger partial charge is 0.324 e. The lowest BCUT2D eigenvalue weighted by Gasteiger charge is -1.94. The summed E-state index contributed by atoms with van der Waals surface area (Å²) in [5, 5.41) is 0. The molecule has 0 aliphatic rings. The number of hydrogen-bond acceptors (Lipinski definition) is 2. The van der Waals surface area contributed by atoms with Crippen molar-refractivity contribution < 1.29 is 14.4 Å². The molecular formula is C8H12NO3P. The number of nitrogens with zero attached hydrogens (tertiary/aromatic N) is 1. The minimum Gasteiger partial charge on any atom is -0.324 e. The molecule has 0 fully saturated rings. The van der Waals surface area contributed by atoms with Crippen molar-refractivity contribution in [2.45, 2.75) is 0 Å². The van der Waals surface area contributed by atoms with E-state index < -0.39 is 7.60 Å². The van der Waals surface area contributed by atoms with Crippen LogP contribution in [0, 0.1) is 0 Å². The largest absolute Gasteiger partial charge is 0.329 e. The topological polar surface area (TPSA) is 70.4 Å². The molecule has 5 heteroatoms. The maximum Gasteiger partial charge on any atom is 0.329 e. The molecule has 0 radical (unpaired) electrons. The summed E-state index contributed by atoms with van der Waals surface area (Å²) < 4.78 is 9.85. The highest BCUT2D eigenvalue weighted by Crippen LogP contribution is 2.33. The Morgan fingerprint density at radius 1 is 1.31 bits per heavy atom. The normalized spacial score (nSPS) is 9.69. The van der Waals surface area contributed by atoms with Gasteiger partial charge in [0.1, 0.15) is 0 Å². The fourth-order valence-electron chi connectivity index (χ4n) is 0.481. The Balaban J connectivity index is 0.000000223. The summed E-state index contributed by atoms with van der Waals surface area (Å²) in [7, 11) is -3.78. The van der Waals surface area contributed by atoms with Crippen molar-refractivity contribution in [2.24, 2.45) is 0 Å². The maximum atomic E-state index is 9.85. The van der Waals surface area contributed by atoms with Gasteiger partial charge in [-0.25, -0.2) is 0 Å². The van der Waals surface area contributed by atoms with Gasteiger partial charge in [0.2, 0.25) is 0 Å². The highest BCUT2D eigenvalue weighted by atomic mass is 31.2. The fraction of sp³-hybridized carbons (Fsp3) is 0.125. The third-order valence-corrected chi connectivity index (χ3v) is 1.67. The van der Waals surface area contributed by atoms with Crippen LogP contribution in [0.25, 0.3) is 0 Å². The van der Waals surface area contributed by atoms with Crippen molar-refractivity contribution in [1.82, 2.24) is 4.98 Å². The van der Waals surface area contributed by atoms with Crippen molar-refractivity contribution in [3.05, 3.63) is 43.2 Å². The SMILES string of the molecule is C=CCP(=O)(O)O.c1ccncc1. The Morgan fingerprint density at radius 3 is 1.92 bits per heavy atom. The van der Waals surface area contributed by atoms with Gasteiger partial charge in [0.05, 0.1) is 6.16 Å². The molecule has 0 aliphatic carbocycles. The van der Waals surface area contributed by atoms with Crippen LogP contribution in [0.2, 0.25) is 0 Å². The Hall–Kier alpha value is -0.960. The zero-order chi connectivity index (χ0) is 10.2. The second-order valence-electron chi connectivity index (χ2n) is 2.16. The molecule has 0 saturated heterocycles. The van der Waals surface area contributed by atoms with Crippen LogP contribution in [0.15, 0.2) is 43.2 Å². The van der Waals surface area contributed by atoms with Gasteiger partial charge < -0.3 is 9.79 Å². The minimum absolute atomic E-state index is 0.229. The first-order valence-electron chi connectivity index (χ1n) is 3.57. The first-order chi connectivity index (χ1) is 6.06. The van der Waals surface area contributed by atoms with E-state index in [2.05, 4.69) is 11.6 Å². The van der Waals surface area contributed by atoms with Crippen LogP contribution < -0.4 is 0 Å². The van der Waals surface area contributed by atoms with Gasteiger partial charge in [0.15, 0.2) is 0 Å². The van der Waals surface area contributed by atoms with Crippen LogP contribution in [0.4, 0.5) is 0 Å². The molecule has 0 aliphatic heterocycles. The Labute approximate surface area is 77.1 Å². The number of pyridine rings is 1. The van der Waals surface area contributed by atoms with Gasteiger partial charge in [-0.2, -0.15) is 0 Å². The molecule has 1 aromatic rings. The van der Waals surface area contributed by atoms with Gasteiger partial charge in [-0.05, 0) is 12.1 Å². The summed E-state index contributed by atoms with van der Waals surface area (Å²) in [6, 6.07) is 5.72. The third-order valence-electron chi connectivity index (χ3n) is 0.933. The lowest BCUT2D eigenvalue weighted by atomic mass is 10.5. The van der Waals surface area contributed by atoms with Gasteiger partial charge in [0.25, 0.3) is 0 Å². The summed E-state index contributed by atoms with van der Waals surface area (Å²) >= 11 is 0. The van der Waals surface area contributed by atoms with Crippen molar-refractivity contribution in [2.75, 3.05) is 6.16 Å². The molecule has 72 valence electrons. The summed E-state index contributed by atoms with van der Waals surface area (Å²) in [6.07, 6.45) is 4.47. The molecule has 0 atom stereocenters. The Bertz CT molecular complexity index is 243.